The summed E-state index contributed by atoms with van der Waals surface area (Å²) in [6, 6.07) is 5.40. The van der Waals surface area contributed by atoms with Crippen molar-refractivity contribution in [2.45, 2.75) is 42.0 Å². The van der Waals surface area contributed by atoms with Crippen LogP contribution in [-0.2, 0) is 16.2 Å². The van der Waals surface area contributed by atoms with Crippen molar-refractivity contribution >= 4 is 27.0 Å². The molecule has 1 fully saturated rings. The van der Waals surface area contributed by atoms with Crippen LogP contribution in [0.5, 0.6) is 0 Å². The molecular weight excluding hydrogens is 427 g/mol. The minimum Gasteiger partial charge on any atom is -0.339 e. The fourth-order valence-corrected chi connectivity index (χ4v) is 5.44. The van der Waals surface area contributed by atoms with E-state index in [0.717, 1.165) is 55.2 Å². The Hall–Kier alpha value is -2.40. The molecule has 3 aromatic rings. The number of benzene rings is 1. The number of thiophene rings is 1. The van der Waals surface area contributed by atoms with Gasteiger partial charge in [-0.1, -0.05) is 24.1 Å². The van der Waals surface area contributed by atoms with E-state index in [1.807, 2.05) is 0 Å². The Bertz CT molecular complexity index is 1120. The van der Waals surface area contributed by atoms with Crippen LogP contribution >= 0.6 is 11.3 Å². The summed E-state index contributed by atoms with van der Waals surface area (Å²) >= 11 is 0.927. The lowest BCUT2D eigenvalue weighted by molar-refractivity contribution is -0.137. The van der Waals surface area contributed by atoms with Crippen molar-refractivity contribution in [3.05, 3.63) is 47.2 Å². The highest BCUT2D eigenvalue weighted by Gasteiger charge is 2.31. The first kappa shape index (κ1) is 19.9. The van der Waals surface area contributed by atoms with Crippen LogP contribution in [0, 0.1) is 0 Å². The summed E-state index contributed by atoms with van der Waals surface area (Å²) in [6.07, 6.45) is -0.348. The van der Waals surface area contributed by atoms with Crippen LogP contribution < -0.4 is 4.72 Å². The number of alkyl halides is 3. The molecule has 0 radical (unpaired) electrons. The van der Waals surface area contributed by atoms with Gasteiger partial charge in [0.1, 0.15) is 4.21 Å². The topological polar surface area (TPSA) is 85.1 Å². The largest absolute Gasteiger partial charge is 0.416 e. The molecule has 1 saturated carbocycles. The Labute approximate surface area is 168 Å². The molecule has 0 unspecified atom stereocenters. The molecule has 0 aliphatic heterocycles. The lowest BCUT2D eigenvalue weighted by Gasteiger charge is -2.10. The van der Waals surface area contributed by atoms with Crippen LogP contribution in [0.15, 0.2) is 44.4 Å². The molecule has 1 aromatic carbocycles. The van der Waals surface area contributed by atoms with Crippen LogP contribution in [0.2, 0.25) is 0 Å². The van der Waals surface area contributed by atoms with Crippen LogP contribution in [0.25, 0.3) is 11.4 Å². The summed E-state index contributed by atoms with van der Waals surface area (Å²) in [5.74, 6) is 1.08. The predicted molar refractivity (Wildman–Crippen MR) is 101 cm³/mol. The summed E-state index contributed by atoms with van der Waals surface area (Å²) in [5, 5.41) is 5.50. The van der Waals surface area contributed by atoms with E-state index < -0.39 is 21.8 Å². The van der Waals surface area contributed by atoms with Gasteiger partial charge < -0.3 is 4.52 Å². The molecule has 6 nitrogen and oxygen atoms in total. The summed E-state index contributed by atoms with van der Waals surface area (Å²) in [7, 11) is -4.06. The summed E-state index contributed by atoms with van der Waals surface area (Å²) in [4.78, 5) is 4.37. The summed E-state index contributed by atoms with van der Waals surface area (Å²) < 4.78 is 71.1. The zero-order valence-corrected chi connectivity index (χ0v) is 16.6. The predicted octanol–water partition coefficient (Wildman–Crippen LogP) is 5.28. The number of sulfonamides is 1. The van der Waals surface area contributed by atoms with E-state index in [9.17, 15) is 21.6 Å². The maximum Gasteiger partial charge on any atom is 0.416 e. The van der Waals surface area contributed by atoms with Crippen molar-refractivity contribution in [2.75, 3.05) is 4.72 Å². The highest BCUT2D eigenvalue weighted by Crippen LogP contribution is 2.35. The Morgan fingerprint density at radius 3 is 2.66 bits per heavy atom. The third-order valence-electron chi connectivity index (χ3n) is 4.69. The van der Waals surface area contributed by atoms with E-state index in [1.165, 1.54) is 12.1 Å². The summed E-state index contributed by atoms with van der Waals surface area (Å²) in [6.45, 7) is 0. The van der Waals surface area contributed by atoms with Crippen LogP contribution in [-0.4, -0.2) is 18.6 Å². The van der Waals surface area contributed by atoms with Gasteiger partial charge in [0.25, 0.3) is 10.0 Å². The molecular formula is C18H16F3N3O3S2. The molecule has 0 saturated heterocycles. The van der Waals surface area contributed by atoms with Gasteiger partial charge in [0.2, 0.25) is 11.7 Å². The van der Waals surface area contributed by atoms with Gasteiger partial charge in [0.15, 0.2) is 0 Å². The number of nitrogens with zero attached hydrogens (tertiary/aromatic N) is 2. The Kier molecular flexibility index (Phi) is 5.11. The Balaban J connectivity index is 1.54. The molecule has 11 heteroatoms. The van der Waals surface area contributed by atoms with E-state index >= 15 is 0 Å². The minimum absolute atomic E-state index is 0.0582. The number of rotatable bonds is 5. The third kappa shape index (κ3) is 4.30. The molecule has 1 aliphatic rings. The Morgan fingerprint density at radius 1 is 1.17 bits per heavy atom. The first-order chi connectivity index (χ1) is 13.7. The lowest BCUT2D eigenvalue weighted by atomic mass is 10.1. The number of hydrogen-bond donors (Lipinski definition) is 1. The summed E-state index contributed by atoms with van der Waals surface area (Å²) in [5.41, 5.74) is -0.624. The molecule has 1 aliphatic carbocycles. The molecule has 2 aromatic heterocycles. The zero-order chi connectivity index (χ0) is 20.6. The molecule has 0 atom stereocenters. The normalized spacial score (nSPS) is 15.7. The molecule has 4 rings (SSSR count). The van der Waals surface area contributed by atoms with E-state index in [2.05, 4.69) is 14.9 Å². The average Bonchev–Trinajstić information content (AvgIpc) is 3.40. The Morgan fingerprint density at radius 2 is 1.93 bits per heavy atom. The van der Waals surface area contributed by atoms with Crippen LogP contribution in [0.4, 0.5) is 18.9 Å². The molecule has 2 heterocycles. The van der Waals surface area contributed by atoms with Gasteiger partial charge >= 0.3 is 6.18 Å². The van der Waals surface area contributed by atoms with Crippen LogP contribution in [0.3, 0.4) is 0 Å². The second-order valence-electron chi connectivity index (χ2n) is 6.78. The monoisotopic (exact) mass is 443 g/mol. The molecule has 0 amide bonds. The van der Waals surface area contributed by atoms with Gasteiger partial charge in [-0.3, -0.25) is 4.72 Å². The number of hydrogen-bond acceptors (Lipinski definition) is 6. The standard InChI is InChI=1S/C18H16F3N3O3S2/c19-18(20,21)13-6-3-7-14(9-13)24-29(25,26)15-8-12(10-28-15)16-22-17(27-23-16)11-4-1-2-5-11/h3,6-11,24H,1-2,4-5H2. The minimum atomic E-state index is -4.56. The second-order valence-corrected chi connectivity index (χ2v) is 9.60. The van der Waals surface area contributed by atoms with Crippen molar-refractivity contribution in [2.24, 2.45) is 0 Å². The van der Waals surface area contributed by atoms with Crippen molar-refractivity contribution in [1.82, 2.24) is 10.1 Å². The fourth-order valence-electron chi connectivity index (χ4n) is 3.23. The molecule has 29 heavy (non-hydrogen) atoms. The van der Waals surface area contributed by atoms with Crippen molar-refractivity contribution in [1.29, 1.82) is 0 Å². The SMILES string of the molecule is O=S(=O)(Nc1cccc(C(F)(F)F)c1)c1cc(-c2noc(C3CCCC3)n2)cs1. The van der Waals surface area contributed by atoms with Crippen molar-refractivity contribution < 1.29 is 26.1 Å². The zero-order valence-electron chi connectivity index (χ0n) is 14.9. The van der Waals surface area contributed by atoms with E-state index in [1.54, 1.807) is 5.38 Å². The fraction of sp³-hybridized carbons (Fsp3) is 0.333. The van der Waals surface area contributed by atoms with E-state index in [0.29, 0.717) is 17.3 Å². The number of aromatic nitrogens is 2. The highest BCUT2D eigenvalue weighted by atomic mass is 32.2. The first-order valence-electron chi connectivity index (χ1n) is 8.85. The quantitative estimate of drug-likeness (QED) is 0.580. The van der Waals surface area contributed by atoms with E-state index in [4.69, 9.17) is 4.52 Å². The van der Waals surface area contributed by atoms with Gasteiger partial charge in [-0.05, 0) is 37.1 Å². The second kappa shape index (κ2) is 7.45. The molecule has 1 N–H and O–H groups in total. The number of halogens is 3. The van der Waals surface area contributed by atoms with Crippen LogP contribution in [0.1, 0.15) is 43.1 Å². The van der Waals surface area contributed by atoms with Crippen molar-refractivity contribution in [3.8, 4) is 11.4 Å². The highest BCUT2D eigenvalue weighted by molar-refractivity contribution is 7.94. The molecule has 0 spiro atoms. The first-order valence-corrected chi connectivity index (χ1v) is 11.2. The number of nitrogens with one attached hydrogen (secondary N) is 1. The lowest BCUT2D eigenvalue weighted by Crippen LogP contribution is -2.12. The van der Waals surface area contributed by atoms with Gasteiger partial charge in [0, 0.05) is 22.5 Å². The van der Waals surface area contributed by atoms with Gasteiger partial charge in [0.05, 0.1) is 5.56 Å². The maximum absolute atomic E-state index is 12.8. The third-order valence-corrected chi connectivity index (χ3v) is 7.51. The molecule has 0 bridgehead atoms. The number of anilines is 1. The van der Waals surface area contributed by atoms with Gasteiger partial charge in [-0.2, -0.15) is 18.2 Å². The average molecular weight is 443 g/mol. The van der Waals surface area contributed by atoms with Crippen molar-refractivity contribution in [3.63, 3.8) is 0 Å². The smallest absolute Gasteiger partial charge is 0.339 e. The van der Waals surface area contributed by atoms with E-state index in [-0.39, 0.29) is 15.8 Å². The van der Waals surface area contributed by atoms with Gasteiger partial charge in [-0.25, -0.2) is 8.42 Å². The maximum atomic E-state index is 12.8. The van der Waals surface area contributed by atoms with Gasteiger partial charge in [-0.15, -0.1) is 11.3 Å². The molecule has 154 valence electrons.